The molecule has 0 aliphatic rings. The summed E-state index contributed by atoms with van der Waals surface area (Å²) >= 11 is 6.25. The van der Waals surface area contributed by atoms with Gasteiger partial charge in [0.2, 0.25) is 0 Å². The van der Waals surface area contributed by atoms with Crippen molar-refractivity contribution in [3.05, 3.63) is 35.4 Å². The maximum absolute atomic E-state index is 11.6. The molecule has 0 saturated heterocycles. The highest BCUT2D eigenvalue weighted by molar-refractivity contribution is 9.09. The van der Waals surface area contributed by atoms with Crippen LogP contribution in [0.2, 0.25) is 0 Å². The molecule has 1 unspecified atom stereocenters. The van der Waals surface area contributed by atoms with Crippen LogP contribution in [-0.2, 0) is 10.4 Å². The predicted octanol–water partition coefficient (Wildman–Crippen LogP) is 2.54. The van der Waals surface area contributed by atoms with Gasteiger partial charge in [0.15, 0.2) is 11.4 Å². The van der Waals surface area contributed by atoms with E-state index in [0.29, 0.717) is 5.56 Å². The first-order chi connectivity index (χ1) is 7.04. The minimum Gasteiger partial charge on any atom is -0.376 e. The fraction of sp³-hybridized carbons (Fsp3) is 0.364. The predicted molar refractivity (Wildman–Crippen MR) is 67.7 cm³/mol. The number of halogens is 2. The summed E-state index contributed by atoms with van der Waals surface area (Å²) < 4.78 is 0. The molecule has 0 fully saturated rings. The number of hydrogen-bond donors (Lipinski definition) is 1. The van der Waals surface area contributed by atoms with E-state index in [2.05, 4.69) is 31.9 Å². The summed E-state index contributed by atoms with van der Waals surface area (Å²) in [4.78, 5) is 11.6. The first kappa shape index (κ1) is 12.9. The normalized spacial score (nSPS) is 14.7. The summed E-state index contributed by atoms with van der Waals surface area (Å²) in [6.07, 6.45) is 0. The van der Waals surface area contributed by atoms with Crippen LogP contribution in [-0.4, -0.2) is 21.5 Å². The number of rotatable bonds is 4. The molecule has 1 N–H and O–H groups in total. The Hall–Kier alpha value is -0.190. The number of hydrogen-bond acceptors (Lipinski definition) is 2. The minimum atomic E-state index is -1.43. The van der Waals surface area contributed by atoms with E-state index < -0.39 is 5.60 Å². The molecule has 0 bridgehead atoms. The van der Waals surface area contributed by atoms with Crippen LogP contribution >= 0.6 is 31.9 Å². The summed E-state index contributed by atoms with van der Waals surface area (Å²) in [6, 6.07) is 7.31. The van der Waals surface area contributed by atoms with Crippen molar-refractivity contribution in [2.24, 2.45) is 0 Å². The molecule has 1 aromatic rings. The lowest BCUT2D eigenvalue weighted by Gasteiger charge is -2.24. The van der Waals surface area contributed by atoms with E-state index >= 15 is 0 Å². The molecule has 0 aromatic heterocycles. The molecule has 0 aliphatic heterocycles. The zero-order valence-corrected chi connectivity index (χ0v) is 11.5. The zero-order valence-electron chi connectivity index (χ0n) is 8.34. The average Bonchev–Trinajstić information content (AvgIpc) is 2.27. The van der Waals surface area contributed by atoms with Gasteiger partial charge in [0.1, 0.15) is 0 Å². The number of aliphatic hydroxyl groups is 1. The zero-order chi connectivity index (χ0) is 11.5. The smallest absolute Gasteiger partial charge is 0.180 e. The quantitative estimate of drug-likeness (QED) is 0.858. The van der Waals surface area contributed by atoms with E-state index in [4.69, 9.17) is 0 Å². The average molecular weight is 336 g/mol. The number of aryl methyl sites for hydroxylation is 1. The van der Waals surface area contributed by atoms with Crippen molar-refractivity contribution >= 4 is 37.6 Å². The summed E-state index contributed by atoms with van der Waals surface area (Å²) in [5, 5.41) is 10.6. The Morgan fingerprint density at radius 3 is 2.27 bits per heavy atom. The third-order valence-electron chi connectivity index (χ3n) is 2.31. The number of ketones is 1. The Balaban J connectivity index is 3.11. The summed E-state index contributed by atoms with van der Waals surface area (Å²) in [5.74, 6) is -0.247. The fourth-order valence-corrected chi connectivity index (χ4v) is 2.35. The van der Waals surface area contributed by atoms with E-state index in [1.807, 2.05) is 19.1 Å². The topological polar surface area (TPSA) is 37.3 Å². The number of Topliss-reactive ketones (excluding diaryl/α,β-unsaturated/α-hetero) is 1. The van der Waals surface area contributed by atoms with Crippen molar-refractivity contribution < 1.29 is 9.90 Å². The Bertz CT molecular complexity index is 348. The molecule has 4 heteroatoms. The van der Waals surface area contributed by atoms with Gasteiger partial charge in [0.25, 0.3) is 0 Å². The van der Waals surface area contributed by atoms with Gasteiger partial charge in [-0.1, -0.05) is 61.7 Å². The second-order valence-corrected chi connectivity index (χ2v) is 4.54. The van der Waals surface area contributed by atoms with Crippen molar-refractivity contribution in [3.63, 3.8) is 0 Å². The van der Waals surface area contributed by atoms with Crippen molar-refractivity contribution in [1.82, 2.24) is 0 Å². The molecule has 1 atom stereocenters. The first-order valence-corrected chi connectivity index (χ1v) is 6.73. The minimum absolute atomic E-state index is 0.142. The van der Waals surface area contributed by atoms with Gasteiger partial charge in [-0.15, -0.1) is 0 Å². The Morgan fingerprint density at radius 1 is 1.33 bits per heavy atom. The molecule has 1 aromatic carbocycles. The van der Waals surface area contributed by atoms with Crippen LogP contribution in [0.5, 0.6) is 0 Å². The van der Waals surface area contributed by atoms with Crippen molar-refractivity contribution in [3.8, 4) is 0 Å². The van der Waals surface area contributed by atoms with Gasteiger partial charge < -0.3 is 5.11 Å². The van der Waals surface area contributed by atoms with Crippen LogP contribution in [0.15, 0.2) is 24.3 Å². The van der Waals surface area contributed by atoms with Crippen LogP contribution in [0.4, 0.5) is 0 Å². The Labute approximate surface area is 106 Å². The fourth-order valence-electron chi connectivity index (χ4n) is 1.25. The molecule has 82 valence electrons. The second-order valence-electron chi connectivity index (χ2n) is 3.42. The van der Waals surface area contributed by atoms with E-state index in [-0.39, 0.29) is 16.4 Å². The number of carbonyl (C=O) groups excluding carboxylic acids is 1. The van der Waals surface area contributed by atoms with E-state index in [1.54, 1.807) is 12.1 Å². The highest BCUT2D eigenvalue weighted by Crippen LogP contribution is 2.25. The monoisotopic (exact) mass is 334 g/mol. The molecule has 0 amide bonds. The van der Waals surface area contributed by atoms with Gasteiger partial charge in [0, 0.05) is 5.33 Å². The molecule has 0 saturated carbocycles. The van der Waals surface area contributed by atoms with Gasteiger partial charge in [0.05, 0.1) is 5.33 Å². The lowest BCUT2D eigenvalue weighted by molar-refractivity contribution is -0.132. The molecule has 2 nitrogen and oxygen atoms in total. The number of carbonyl (C=O) groups is 1. The molecule has 0 aliphatic carbocycles. The van der Waals surface area contributed by atoms with Crippen molar-refractivity contribution in [2.75, 3.05) is 10.7 Å². The van der Waals surface area contributed by atoms with E-state index in [9.17, 15) is 9.90 Å². The highest BCUT2D eigenvalue weighted by atomic mass is 79.9. The largest absolute Gasteiger partial charge is 0.376 e. The maximum atomic E-state index is 11.6. The molecule has 0 heterocycles. The van der Waals surface area contributed by atoms with Crippen LogP contribution < -0.4 is 0 Å². The van der Waals surface area contributed by atoms with Gasteiger partial charge in [-0.3, -0.25) is 4.79 Å². The van der Waals surface area contributed by atoms with E-state index in [1.165, 1.54) is 0 Å². The lowest BCUT2D eigenvalue weighted by atomic mass is 9.92. The highest BCUT2D eigenvalue weighted by Gasteiger charge is 2.35. The first-order valence-electron chi connectivity index (χ1n) is 4.49. The van der Waals surface area contributed by atoms with Crippen molar-refractivity contribution in [1.29, 1.82) is 0 Å². The number of benzene rings is 1. The molecule has 1 rings (SSSR count). The van der Waals surface area contributed by atoms with Crippen LogP contribution in [0.25, 0.3) is 0 Å². The van der Waals surface area contributed by atoms with Crippen LogP contribution in [0.3, 0.4) is 0 Å². The van der Waals surface area contributed by atoms with Gasteiger partial charge >= 0.3 is 0 Å². The lowest BCUT2D eigenvalue weighted by Crippen LogP contribution is -2.38. The Kier molecular flexibility index (Phi) is 4.49. The molecule has 15 heavy (non-hydrogen) atoms. The summed E-state index contributed by atoms with van der Waals surface area (Å²) in [7, 11) is 0. The van der Waals surface area contributed by atoms with Gasteiger partial charge in [-0.25, -0.2) is 0 Å². The maximum Gasteiger partial charge on any atom is 0.180 e. The van der Waals surface area contributed by atoms with Crippen LogP contribution in [0.1, 0.15) is 11.1 Å². The van der Waals surface area contributed by atoms with E-state index in [0.717, 1.165) is 5.56 Å². The van der Waals surface area contributed by atoms with Gasteiger partial charge in [-0.2, -0.15) is 0 Å². The molecular formula is C11H12Br2O2. The third-order valence-corrected chi connectivity index (χ3v) is 3.63. The van der Waals surface area contributed by atoms with Gasteiger partial charge in [-0.05, 0) is 12.5 Å². The second kappa shape index (κ2) is 5.23. The third kappa shape index (κ3) is 2.68. The SMILES string of the molecule is Cc1ccc(C(O)(CBr)C(=O)CBr)cc1. The van der Waals surface area contributed by atoms with Crippen molar-refractivity contribution in [2.45, 2.75) is 12.5 Å². The molecular weight excluding hydrogens is 324 g/mol. The summed E-state index contributed by atoms with van der Waals surface area (Å²) in [5.41, 5.74) is 0.286. The molecule has 0 spiro atoms. The Morgan fingerprint density at radius 2 is 1.87 bits per heavy atom. The van der Waals surface area contributed by atoms with Crippen LogP contribution in [0, 0.1) is 6.92 Å². The molecule has 0 radical (unpaired) electrons. The summed E-state index contributed by atoms with van der Waals surface area (Å²) in [6.45, 7) is 1.96. The number of alkyl halides is 2. The standard InChI is InChI=1S/C11H12Br2O2/c1-8-2-4-9(5-3-8)11(15,7-13)10(14)6-12/h2-5,15H,6-7H2,1H3.